The van der Waals surface area contributed by atoms with E-state index in [4.69, 9.17) is 14.2 Å². The van der Waals surface area contributed by atoms with Gasteiger partial charge in [0.15, 0.2) is 6.10 Å². The van der Waals surface area contributed by atoms with Crippen molar-refractivity contribution in [3.8, 4) is 0 Å². The average molecular weight is 929 g/mol. The molecule has 5 nitrogen and oxygen atoms in total. The molecule has 0 aromatic heterocycles. The molecular weight excluding hydrogens is 837 g/mol. The van der Waals surface area contributed by atoms with E-state index < -0.39 is 6.10 Å². The molecule has 0 saturated carbocycles. The molecular formula is C63H92O5. The third kappa shape index (κ3) is 53.4. The van der Waals surface area contributed by atoms with Crippen LogP contribution in [0.15, 0.2) is 194 Å². The van der Waals surface area contributed by atoms with E-state index >= 15 is 0 Å². The summed E-state index contributed by atoms with van der Waals surface area (Å²) in [6, 6.07) is 0. The lowest BCUT2D eigenvalue weighted by molar-refractivity contribution is -0.162. The smallest absolute Gasteiger partial charge is 0.306 e. The van der Waals surface area contributed by atoms with Crippen molar-refractivity contribution in [2.24, 2.45) is 0 Å². The Morgan fingerprint density at radius 2 is 0.588 bits per heavy atom. The van der Waals surface area contributed by atoms with Crippen LogP contribution in [0.25, 0.3) is 0 Å². The summed E-state index contributed by atoms with van der Waals surface area (Å²) in [6.45, 7) is 7.13. The maximum atomic E-state index is 12.8. The molecule has 374 valence electrons. The quantitative estimate of drug-likeness (QED) is 0.0346. The van der Waals surface area contributed by atoms with E-state index in [9.17, 15) is 9.59 Å². The van der Waals surface area contributed by atoms with Crippen LogP contribution in [0.4, 0.5) is 0 Å². The number of esters is 2. The summed E-state index contributed by atoms with van der Waals surface area (Å²) < 4.78 is 17.2. The molecule has 0 rings (SSSR count). The summed E-state index contributed by atoms with van der Waals surface area (Å²) in [5, 5.41) is 0. The first-order valence-corrected chi connectivity index (χ1v) is 26.0. The van der Waals surface area contributed by atoms with Crippen LogP contribution in [-0.2, 0) is 23.8 Å². The van der Waals surface area contributed by atoms with Crippen molar-refractivity contribution < 1.29 is 23.8 Å². The highest BCUT2D eigenvalue weighted by atomic mass is 16.6. The fourth-order valence-electron chi connectivity index (χ4n) is 5.92. The van der Waals surface area contributed by atoms with Crippen LogP contribution in [0.2, 0.25) is 0 Å². The first-order valence-electron chi connectivity index (χ1n) is 26.0. The van der Waals surface area contributed by atoms with Crippen LogP contribution in [0.3, 0.4) is 0 Å². The lowest BCUT2D eigenvalue weighted by atomic mass is 10.2. The molecule has 0 amide bonds. The minimum absolute atomic E-state index is 0.0224. The van der Waals surface area contributed by atoms with E-state index in [-0.39, 0.29) is 38.0 Å². The van der Waals surface area contributed by atoms with Gasteiger partial charge in [0.2, 0.25) is 0 Å². The third-order valence-electron chi connectivity index (χ3n) is 9.63. The lowest BCUT2D eigenvalue weighted by Crippen LogP contribution is -2.30. The molecule has 0 N–H and O–H groups in total. The van der Waals surface area contributed by atoms with Gasteiger partial charge in [-0.3, -0.25) is 9.59 Å². The Morgan fingerprint density at radius 1 is 0.324 bits per heavy atom. The van der Waals surface area contributed by atoms with E-state index in [0.717, 1.165) is 116 Å². The van der Waals surface area contributed by atoms with Gasteiger partial charge in [-0.15, -0.1) is 0 Å². The zero-order valence-corrected chi connectivity index (χ0v) is 42.8. The van der Waals surface area contributed by atoms with Crippen LogP contribution in [-0.4, -0.2) is 37.9 Å². The van der Waals surface area contributed by atoms with Crippen molar-refractivity contribution >= 4 is 11.9 Å². The molecule has 1 unspecified atom stereocenters. The van der Waals surface area contributed by atoms with E-state index in [1.54, 1.807) is 0 Å². The Hall–Kier alpha value is -5.26. The topological polar surface area (TPSA) is 61.8 Å². The number of hydrogen-bond donors (Lipinski definition) is 0. The number of rotatable bonds is 44. The molecule has 0 aliphatic rings. The first-order chi connectivity index (χ1) is 33.6. The van der Waals surface area contributed by atoms with E-state index in [1.807, 2.05) is 12.2 Å². The molecule has 0 saturated heterocycles. The largest absolute Gasteiger partial charge is 0.462 e. The normalized spacial score (nSPS) is 13.9. The van der Waals surface area contributed by atoms with E-state index in [0.29, 0.717) is 19.4 Å². The predicted molar refractivity (Wildman–Crippen MR) is 296 cm³/mol. The van der Waals surface area contributed by atoms with Crippen molar-refractivity contribution in [2.75, 3.05) is 19.8 Å². The van der Waals surface area contributed by atoms with E-state index in [2.05, 4.69) is 203 Å². The van der Waals surface area contributed by atoms with Crippen LogP contribution >= 0.6 is 0 Å². The van der Waals surface area contributed by atoms with Gasteiger partial charge in [-0.1, -0.05) is 215 Å². The van der Waals surface area contributed by atoms with Crippen molar-refractivity contribution in [3.05, 3.63) is 194 Å². The van der Waals surface area contributed by atoms with Gasteiger partial charge in [-0.05, 0) is 128 Å². The van der Waals surface area contributed by atoms with Gasteiger partial charge in [0.05, 0.1) is 6.61 Å². The maximum Gasteiger partial charge on any atom is 0.306 e. The summed E-state index contributed by atoms with van der Waals surface area (Å²) in [5.41, 5.74) is 0. The van der Waals surface area contributed by atoms with Crippen LogP contribution in [0.5, 0.6) is 0 Å². The third-order valence-corrected chi connectivity index (χ3v) is 9.63. The van der Waals surface area contributed by atoms with Crippen molar-refractivity contribution in [3.63, 3.8) is 0 Å². The fourth-order valence-corrected chi connectivity index (χ4v) is 5.92. The molecule has 0 bridgehead atoms. The monoisotopic (exact) mass is 929 g/mol. The standard InChI is InChI=1S/C63H92O5/c1-4-7-10-13-16-19-22-25-27-29-31-33-35-37-40-43-46-49-52-55-58-66-59-61(68-63(65)57-54-51-48-45-42-38-24-21-18-15-12-9-6-3)60-67-62(64)56-53-50-47-44-41-39-36-34-32-30-28-26-23-20-17-14-11-8-5-2/h7-12,16-21,25-28,31-34,37-42,46-51,61H,4-6,13-15,22-24,29-30,35-36,43-45,52-60H2,1-3H3/b10-7-,11-8-,12-9-,19-16-,20-17-,21-18-,27-25-,28-26-,33-31-,34-32-,40-37-,41-39-,42-38-,49-46-,50-47-,51-48-. The zero-order valence-electron chi connectivity index (χ0n) is 42.8. The molecule has 0 fully saturated rings. The van der Waals surface area contributed by atoms with Gasteiger partial charge >= 0.3 is 11.9 Å². The van der Waals surface area contributed by atoms with Crippen molar-refractivity contribution in [1.29, 1.82) is 0 Å². The highest BCUT2D eigenvalue weighted by molar-refractivity contribution is 5.70. The minimum atomic E-state index is -0.652. The van der Waals surface area contributed by atoms with Gasteiger partial charge in [0.1, 0.15) is 6.61 Å². The Balaban J connectivity index is 4.61. The molecule has 0 aliphatic heterocycles. The Morgan fingerprint density at radius 3 is 0.897 bits per heavy atom. The van der Waals surface area contributed by atoms with Crippen LogP contribution < -0.4 is 0 Å². The zero-order chi connectivity index (χ0) is 49.2. The van der Waals surface area contributed by atoms with Gasteiger partial charge < -0.3 is 14.2 Å². The number of carbonyl (C=O) groups is 2. The summed E-state index contributed by atoms with van der Waals surface area (Å²) in [6.07, 6.45) is 87.7. The molecule has 0 aliphatic carbocycles. The predicted octanol–water partition coefficient (Wildman–Crippen LogP) is 18.0. The highest BCUT2D eigenvalue weighted by Crippen LogP contribution is 2.06. The van der Waals surface area contributed by atoms with Crippen molar-refractivity contribution in [1.82, 2.24) is 0 Å². The number of hydrogen-bond acceptors (Lipinski definition) is 5. The van der Waals surface area contributed by atoms with Crippen LogP contribution in [0.1, 0.15) is 162 Å². The second-order valence-corrected chi connectivity index (χ2v) is 15.9. The first kappa shape index (κ1) is 62.7. The second kappa shape index (κ2) is 56.1. The van der Waals surface area contributed by atoms with Crippen LogP contribution in [0, 0.1) is 0 Å². The fraction of sp³-hybridized carbons (Fsp3) is 0.460. The summed E-state index contributed by atoms with van der Waals surface area (Å²) >= 11 is 0. The summed E-state index contributed by atoms with van der Waals surface area (Å²) in [4.78, 5) is 25.3. The molecule has 0 radical (unpaired) electrons. The number of ether oxygens (including phenoxy) is 3. The average Bonchev–Trinajstić information content (AvgIpc) is 3.34. The number of carbonyl (C=O) groups excluding carboxylic acids is 2. The van der Waals surface area contributed by atoms with E-state index in [1.165, 1.54) is 0 Å². The lowest BCUT2D eigenvalue weighted by Gasteiger charge is -2.18. The summed E-state index contributed by atoms with van der Waals surface area (Å²) in [7, 11) is 0. The van der Waals surface area contributed by atoms with Gasteiger partial charge in [0.25, 0.3) is 0 Å². The van der Waals surface area contributed by atoms with Gasteiger partial charge in [0, 0.05) is 19.4 Å². The Kier molecular flexibility index (Phi) is 51.7. The van der Waals surface area contributed by atoms with Gasteiger partial charge in [-0.2, -0.15) is 0 Å². The number of allylic oxidation sites excluding steroid dienone is 32. The SMILES string of the molecule is CC/C=C\C/C=C\C/C=C\C/C=C\C/C=C\C/C=C\CCCOCC(COC(=O)CC/C=C\C/C=C\C/C=C\C/C=C\C/C=C\C/C=C\CC)OC(=O)CC/C=C\C/C=C\C/C=C\C/C=C\CC. The summed E-state index contributed by atoms with van der Waals surface area (Å²) in [5.74, 6) is -0.643. The minimum Gasteiger partial charge on any atom is -0.462 e. The van der Waals surface area contributed by atoms with Gasteiger partial charge in [-0.25, -0.2) is 0 Å². The molecule has 5 heteroatoms. The maximum absolute atomic E-state index is 12.8. The molecule has 0 spiro atoms. The molecule has 0 aromatic carbocycles. The number of unbranched alkanes of at least 4 members (excludes halogenated alkanes) is 1. The Labute approximate surface area is 416 Å². The molecule has 0 aromatic rings. The second-order valence-electron chi connectivity index (χ2n) is 15.9. The molecule has 1 atom stereocenters. The Bertz CT molecular complexity index is 1660. The molecule has 68 heavy (non-hydrogen) atoms. The van der Waals surface area contributed by atoms with Crippen molar-refractivity contribution in [2.45, 2.75) is 168 Å². The highest BCUT2D eigenvalue weighted by Gasteiger charge is 2.17. The molecule has 0 heterocycles.